The fourth-order valence-corrected chi connectivity index (χ4v) is 2.99. The molecule has 0 spiro atoms. The molecule has 0 unspecified atom stereocenters. The number of unbranched alkanes of at least 4 members (excludes halogenated alkanes) is 1. The summed E-state index contributed by atoms with van der Waals surface area (Å²) in [6, 6.07) is 2.36. The molecule has 2 atom stereocenters. The van der Waals surface area contributed by atoms with Crippen LogP contribution in [0, 0.1) is 0 Å². The number of rotatable bonds is 5. The number of nitrogen functional groups attached to an aromatic ring is 1. The van der Waals surface area contributed by atoms with Crippen molar-refractivity contribution in [2.45, 2.75) is 77.4 Å². The van der Waals surface area contributed by atoms with Gasteiger partial charge in [0.15, 0.2) is 0 Å². The van der Waals surface area contributed by atoms with E-state index in [4.69, 9.17) is 10.5 Å². The Balaban J connectivity index is 2.17. The molecule has 2 rings (SSSR count). The first kappa shape index (κ1) is 15.4. The number of anilines is 1. The third-order valence-corrected chi connectivity index (χ3v) is 4.08. The van der Waals surface area contributed by atoms with E-state index in [9.17, 15) is 0 Å². The van der Waals surface area contributed by atoms with Crippen LogP contribution in [-0.4, -0.2) is 22.5 Å². The lowest BCUT2D eigenvalue weighted by atomic mass is 9.91. The van der Waals surface area contributed by atoms with E-state index in [2.05, 4.69) is 37.5 Å². The van der Waals surface area contributed by atoms with Gasteiger partial charge in [-0.15, -0.1) is 0 Å². The molecule has 2 N–H and O–H groups in total. The molecule has 4 heteroatoms. The van der Waals surface area contributed by atoms with Crippen molar-refractivity contribution in [3.05, 3.63) is 11.8 Å². The van der Waals surface area contributed by atoms with Crippen molar-refractivity contribution < 1.29 is 4.74 Å². The highest BCUT2D eigenvalue weighted by Crippen LogP contribution is 2.36. The third-order valence-electron chi connectivity index (χ3n) is 4.08. The van der Waals surface area contributed by atoms with Crippen LogP contribution in [0.1, 0.15) is 71.5 Å². The molecule has 1 fully saturated rings. The molecule has 1 heterocycles. The minimum absolute atomic E-state index is 0.0567. The Morgan fingerprint density at radius 1 is 1.40 bits per heavy atom. The molecule has 4 nitrogen and oxygen atoms in total. The molecule has 20 heavy (non-hydrogen) atoms. The first-order valence-electron chi connectivity index (χ1n) is 7.90. The number of nitrogens with two attached hydrogens (primary N) is 1. The van der Waals surface area contributed by atoms with Crippen molar-refractivity contribution in [2.75, 3.05) is 12.3 Å². The summed E-state index contributed by atoms with van der Waals surface area (Å²) in [5.74, 6) is 0.620. The minimum atomic E-state index is 0.0567. The van der Waals surface area contributed by atoms with Gasteiger partial charge in [0.05, 0.1) is 12.1 Å². The summed E-state index contributed by atoms with van der Waals surface area (Å²) in [6.07, 6.45) is 6.10. The zero-order chi connectivity index (χ0) is 14.8. The second kappa shape index (κ2) is 6.17. The molecule has 114 valence electrons. The quantitative estimate of drug-likeness (QED) is 0.837. The molecule has 0 aliphatic heterocycles. The smallest absolute Gasteiger partial charge is 0.145 e. The third kappa shape index (κ3) is 3.35. The molecular weight excluding hydrogens is 250 g/mol. The Hall–Kier alpha value is -1.03. The summed E-state index contributed by atoms with van der Waals surface area (Å²) in [4.78, 5) is 0. The summed E-state index contributed by atoms with van der Waals surface area (Å²) in [5.41, 5.74) is 7.21. The standard InChI is InChI=1S/C16H29N3O/c1-5-6-10-20-13-9-7-8-12(13)19-14(16(2,3)4)11-15(17)18-19/h11-13H,5-10H2,1-4H3,(H2,17,18)/t12-,13+/m0/s1. The second-order valence-electron chi connectivity index (χ2n) is 6.91. The van der Waals surface area contributed by atoms with Gasteiger partial charge in [0.25, 0.3) is 0 Å². The second-order valence-corrected chi connectivity index (χ2v) is 6.91. The molecule has 1 saturated carbocycles. The van der Waals surface area contributed by atoms with Crippen LogP contribution in [0.15, 0.2) is 6.07 Å². The Kier molecular flexibility index (Phi) is 4.74. The van der Waals surface area contributed by atoms with Gasteiger partial charge in [0.2, 0.25) is 0 Å². The van der Waals surface area contributed by atoms with Crippen LogP contribution >= 0.6 is 0 Å². The number of aromatic nitrogens is 2. The van der Waals surface area contributed by atoms with Crippen LogP contribution in [0.2, 0.25) is 0 Å². The topological polar surface area (TPSA) is 53.1 Å². The predicted molar refractivity (Wildman–Crippen MR) is 82.9 cm³/mol. The van der Waals surface area contributed by atoms with Crippen LogP contribution in [0.25, 0.3) is 0 Å². The Morgan fingerprint density at radius 3 is 2.80 bits per heavy atom. The van der Waals surface area contributed by atoms with E-state index in [1.54, 1.807) is 0 Å². The zero-order valence-corrected chi connectivity index (χ0v) is 13.4. The molecule has 1 aliphatic carbocycles. The van der Waals surface area contributed by atoms with Crippen LogP contribution < -0.4 is 5.73 Å². The Morgan fingerprint density at radius 2 is 2.15 bits per heavy atom. The van der Waals surface area contributed by atoms with E-state index >= 15 is 0 Å². The molecule has 0 saturated heterocycles. The van der Waals surface area contributed by atoms with Crippen molar-refractivity contribution in [3.8, 4) is 0 Å². The minimum Gasteiger partial charge on any atom is -0.382 e. The number of ether oxygens (including phenoxy) is 1. The fraction of sp³-hybridized carbons (Fsp3) is 0.812. The van der Waals surface area contributed by atoms with Crippen LogP contribution in [0.4, 0.5) is 5.82 Å². The summed E-state index contributed by atoms with van der Waals surface area (Å²) in [5, 5.41) is 4.55. The van der Waals surface area contributed by atoms with E-state index in [1.807, 2.05) is 6.07 Å². The van der Waals surface area contributed by atoms with Gasteiger partial charge in [-0.3, -0.25) is 4.68 Å². The lowest BCUT2D eigenvalue weighted by Gasteiger charge is -2.27. The van der Waals surface area contributed by atoms with Gasteiger partial charge in [-0.2, -0.15) is 5.10 Å². The normalized spacial score (nSPS) is 23.4. The van der Waals surface area contributed by atoms with Gasteiger partial charge in [-0.1, -0.05) is 34.1 Å². The first-order valence-corrected chi connectivity index (χ1v) is 7.90. The molecule has 0 amide bonds. The van der Waals surface area contributed by atoms with E-state index in [0.717, 1.165) is 25.9 Å². The van der Waals surface area contributed by atoms with Crippen molar-refractivity contribution >= 4 is 5.82 Å². The maximum atomic E-state index is 6.09. The molecule has 1 aliphatic rings. The molecular formula is C16H29N3O. The molecule has 0 aromatic carbocycles. The lowest BCUT2D eigenvalue weighted by molar-refractivity contribution is 0.0254. The number of hydrogen-bond donors (Lipinski definition) is 1. The van der Waals surface area contributed by atoms with Gasteiger partial charge < -0.3 is 10.5 Å². The van der Waals surface area contributed by atoms with Gasteiger partial charge >= 0.3 is 0 Å². The Labute approximate surface area is 122 Å². The van der Waals surface area contributed by atoms with Crippen LogP contribution in [0.5, 0.6) is 0 Å². The summed E-state index contributed by atoms with van der Waals surface area (Å²) < 4.78 is 8.22. The van der Waals surface area contributed by atoms with Gasteiger partial charge in [0, 0.05) is 23.8 Å². The fourth-order valence-electron chi connectivity index (χ4n) is 2.99. The lowest BCUT2D eigenvalue weighted by Crippen LogP contribution is -2.28. The van der Waals surface area contributed by atoms with Gasteiger partial charge in [-0.25, -0.2) is 0 Å². The molecule has 0 radical (unpaired) electrons. The van der Waals surface area contributed by atoms with Crippen LogP contribution in [-0.2, 0) is 10.2 Å². The Bertz CT molecular complexity index is 433. The monoisotopic (exact) mass is 279 g/mol. The summed E-state index contributed by atoms with van der Waals surface area (Å²) >= 11 is 0. The highest BCUT2D eigenvalue weighted by molar-refractivity contribution is 5.33. The van der Waals surface area contributed by atoms with Crippen LogP contribution in [0.3, 0.4) is 0 Å². The SMILES string of the molecule is CCCCO[C@@H]1CCC[C@@H]1n1nc(N)cc1C(C)(C)C. The molecule has 1 aromatic rings. The van der Waals surface area contributed by atoms with Crippen molar-refractivity contribution in [3.63, 3.8) is 0 Å². The first-order chi connectivity index (χ1) is 9.43. The van der Waals surface area contributed by atoms with E-state index in [1.165, 1.54) is 18.5 Å². The highest BCUT2D eigenvalue weighted by atomic mass is 16.5. The average molecular weight is 279 g/mol. The predicted octanol–water partition coefficient (Wildman–Crippen LogP) is 3.67. The van der Waals surface area contributed by atoms with E-state index in [0.29, 0.717) is 18.0 Å². The zero-order valence-electron chi connectivity index (χ0n) is 13.4. The highest BCUT2D eigenvalue weighted by Gasteiger charge is 2.33. The van der Waals surface area contributed by atoms with Crippen molar-refractivity contribution in [1.82, 2.24) is 9.78 Å². The number of hydrogen-bond acceptors (Lipinski definition) is 3. The molecule has 0 bridgehead atoms. The van der Waals surface area contributed by atoms with Crippen molar-refractivity contribution in [1.29, 1.82) is 0 Å². The van der Waals surface area contributed by atoms with E-state index in [-0.39, 0.29) is 5.41 Å². The maximum absolute atomic E-state index is 6.09. The summed E-state index contributed by atoms with van der Waals surface area (Å²) in [6.45, 7) is 9.69. The molecule has 1 aromatic heterocycles. The van der Waals surface area contributed by atoms with Crippen molar-refractivity contribution in [2.24, 2.45) is 0 Å². The largest absolute Gasteiger partial charge is 0.382 e. The average Bonchev–Trinajstić information content (AvgIpc) is 2.94. The van der Waals surface area contributed by atoms with Gasteiger partial charge in [-0.05, 0) is 25.7 Å². The summed E-state index contributed by atoms with van der Waals surface area (Å²) in [7, 11) is 0. The number of nitrogens with zero attached hydrogens (tertiary/aromatic N) is 2. The van der Waals surface area contributed by atoms with E-state index < -0.39 is 0 Å². The van der Waals surface area contributed by atoms with Gasteiger partial charge in [0.1, 0.15) is 5.82 Å². The maximum Gasteiger partial charge on any atom is 0.145 e.